The van der Waals surface area contributed by atoms with Gasteiger partial charge in [-0.05, 0) is 31.5 Å². The highest BCUT2D eigenvalue weighted by Crippen LogP contribution is 2.19. The molecular weight excluding hydrogens is 352 g/mol. The number of H-pyrrole nitrogens is 1. The molecule has 1 amide bonds. The maximum Gasteiger partial charge on any atom is 0.330 e. The highest BCUT2D eigenvalue weighted by molar-refractivity contribution is 5.91. The van der Waals surface area contributed by atoms with Crippen molar-refractivity contribution in [2.45, 2.75) is 38.0 Å². The van der Waals surface area contributed by atoms with E-state index >= 15 is 0 Å². The molecule has 5 N–H and O–H groups in total. The quantitative estimate of drug-likeness (QED) is 0.249. The van der Waals surface area contributed by atoms with E-state index in [1.54, 1.807) is 12.2 Å². The van der Waals surface area contributed by atoms with Gasteiger partial charge in [-0.25, -0.2) is 4.79 Å². The second-order valence-corrected chi connectivity index (χ2v) is 6.21. The van der Waals surface area contributed by atoms with Crippen LogP contribution in [0.3, 0.4) is 0 Å². The number of nitrogens with zero attached hydrogens (tertiary/aromatic N) is 1. The molecule has 1 aliphatic rings. The van der Waals surface area contributed by atoms with E-state index in [1.165, 1.54) is 22.9 Å². The zero-order chi connectivity index (χ0) is 19.6. The number of aromatic amines is 1. The van der Waals surface area contributed by atoms with Gasteiger partial charge in [0.2, 0.25) is 5.91 Å². The SMILES string of the molecule is NCCCCCCNC(=O)/C=C/c1cn([C@H]2C=CC(CO)O2)c(=O)[nH]c1=O. The minimum Gasteiger partial charge on any atom is -0.393 e. The van der Waals surface area contributed by atoms with Crippen LogP contribution in [0.1, 0.15) is 37.5 Å². The fraction of sp³-hybridized carbons (Fsp3) is 0.500. The van der Waals surface area contributed by atoms with Gasteiger partial charge in [0.1, 0.15) is 6.10 Å². The molecule has 148 valence electrons. The largest absolute Gasteiger partial charge is 0.393 e. The molecule has 0 aliphatic carbocycles. The number of ether oxygens (including phenoxy) is 1. The van der Waals surface area contributed by atoms with Gasteiger partial charge < -0.3 is 20.9 Å². The standard InChI is InChI=1S/C18H26N4O5/c19-9-3-1-2-4-10-20-15(24)7-5-13-11-22(18(26)21-17(13)25)16-8-6-14(12-23)27-16/h5-8,11,14,16,23H,1-4,9-10,12,19H2,(H,20,24)(H,21,25,26)/b7-5+/t14?,16-/m1/s1. The van der Waals surface area contributed by atoms with Gasteiger partial charge in [-0.3, -0.25) is 19.1 Å². The molecule has 9 heteroatoms. The van der Waals surface area contributed by atoms with Crippen molar-refractivity contribution >= 4 is 12.0 Å². The number of carbonyl (C=O) groups excluding carboxylic acids is 1. The number of amides is 1. The Morgan fingerprint density at radius 3 is 2.78 bits per heavy atom. The average Bonchev–Trinajstić information content (AvgIpc) is 3.13. The third kappa shape index (κ3) is 6.31. The molecule has 27 heavy (non-hydrogen) atoms. The zero-order valence-electron chi connectivity index (χ0n) is 15.1. The molecule has 0 saturated carbocycles. The molecule has 0 fully saturated rings. The van der Waals surface area contributed by atoms with Crippen molar-refractivity contribution in [1.29, 1.82) is 0 Å². The van der Waals surface area contributed by atoms with Crippen molar-refractivity contribution in [2.75, 3.05) is 19.7 Å². The fourth-order valence-electron chi connectivity index (χ4n) is 2.62. The van der Waals surface area contributed by atoms with E-state index in [1.807, 2.05) is 0 Å². The number of aliphatic hydroxyl groups is 1. The van der Waals surface area contributed by atoms with E-state index in [9.17, 15) is 14.4 Å². The monoisotopic (exact) mass is 378 g/mol. The van der Waals surface area contributed by atoms with Gasteiger partial charge in [-0.1, -0.05) is 18.9 Å². The van der Waals surface area contributed by atoms with Crippen LogP contribution < -0.4 is 22.3 Å². The molecule has 0 spiro atoms. The summed E-state index contributed by atoms with van der Waals surface area (Å²) in [7, 11) is 0. The lowest BCUT2D eigenvalue weighted by Gasteiger charge is -2.15. The van der Waals surface area contributed by atoms with Gasteiger partial charge in [-0.15, -0.1) is 0 Å². The molecule has 0 bridgehead atoms. The number of aromatic nitrogens is 2. The predicted octanol–water partition coefficient (Wildman–Crippen LogP) is -0.369. The molecule has 1 unspecified atom stereocenters. The van der Waals surface area contributed by atoms with Crippen molar-refractivity contribution in [1.82, 2.24) is 14.9 Å². The van der Waals surface area contributed by atoms with Crippen molar-refractivity contribution in [3.8, 4) is 0 Å². The second kappa shape index (κ2) is 10.6. The van der Waals surface area contributed by atoms with Crippen LogP contribution >= 0.6 is 0 Å². The third-order valence-corrected chi connectivity index (χ3v) is 4.10. The molecule has 2 heterocycles. The van der Waals surface area contributed by atoms with Crippen LogP contribution in [0.4, 0.5) is 0 Å². The topological polar surface area (TPSA) is 139 Å². The molecule has 1 aromatic rings. The van der Waals surface area contributed by atoms with Gasteiger partial charge in [0.15, 0.2) is 6.23 Å². The lowest BCUT2D eigenvalue weighted by atomic mass is 10.2. The lowest BCUT2D eigenvalue weighted by Crippen LogP contribution is -2.33. The van der Waals surface area contributed by atoms with Crippen molar-refractivity contribution in [2.24, 2.45) is 5.73 Å². The predicted molar refractivity (Wildman–Crippen MR) is 101 cm³/mol. The number of nitrogens with two attached hydrogens (primary N) is 1. The van der Waals surface area contributed by atoms with E-state index in [2.05, 4.69) is 10.3 Å². The summed E-state index contributed by atoms with van der Waals surface area (Å²) < 4.78 is 6.66. The molecular formula is C18H26N4O5. The van der Waals surface area contributed by atoms with Gasteiger partial charge in [0.25, 0.3) is 5.56 Å². The Balaban J connectivity index is 1.96. The maximum absolute atomic E-state index is 12.0. The highest BCUT2D eigenvalue weighted by Gasteiger charge is 2.21. The summed E-state index contributed by atoms with van der Waals surface area (Å²) in [5.74, 6) is -0.316. The first-order valence-corrected chi connectivity index (χ1v) is 9.01. The van der Waals surface area contributed by atoms with Crippen LogP contribution in [-0.2, 0) is 9.53 Å². The van der Waals surface area contributed by atoms with Crippen LogP contribution in [0.15, 0.2) is 34.0 Å². The van der Waals surface area contributed by atoms with Gasteiger partial charge >= 0.3 is 5.69 Å². The Morgan fingerprint density at radius 1 is 1.30 bits per heavy atom. The van der Waals surface area contributed by atoms with E-state index in [-0.39, 0.29) is 18.1 Å². The van der Waals surface area contributed by atoms with Crippen molar-refractivity contribution < 1.29 is 14.6 Å². The molecule has 1 aliphatic heterocycles. The number of hydrogen-bond acceptors (Lipinski definition) is 6. The number of rotatable bonds is 10. The smallest absolute Gasteiger partial charge is 0.330 e. The summed E-state index contributed by atoms with van der Waals surface area (Å²) in [5, 5.41) is 11.8. The first kappa shape index (κ1) is 20.8. The van der Waals surface area contributed by atoms with Gasteiger partial charge in [-0.2, -0.15) is 0 Å². The van der Waals surface area contributed by atoms with E-state index in [0.717, 1.165) is 25.7 Å². The lowest BCUT2D eigenvalue weighted by molar-refractivity contribution is -0.116. The average molecular weight is 378 g/mol. The Morgan fingerprint density at radius 2 is 2.07 bits per heavy atom. The van der Waals surface area contributed by atoms with Crippen LogP contribution in [-0.4, -0.2) is 46.4 Å². The first-order chi connectivity index (χ1) is 13.0. The summed E-state index contributed by atoms with van der Waals surface area (Å²) in [6.45, 7) is 1.02. The zero-order valence-corrected chi connectivity index (χ0v) is 15.1. The summed E-state index contributed by atoms with van der Waals surface area (Å²) in [6.07, 6.45) is 9.83. The number of carbonyl (C=O) groups is 1. The number of nitrogens with one attached hydrogen (secondary N) is 2. The molecule has 0 saturated heterocycles. The number of hydrogen-bond donors (Lipinski definition) is 4. The van der Waals surface area contributed by atoms with E-state index in [0.29, 0.717) is 13.1 Å². The van der Waals surface area contributed by atoms with Crippen LogP contribution in [0.5, 0.6) is 0 Å². The van der Waals surface area contributed by atoms with E-state index in [4.69, 9.17) is 15.6 Å². The van der Waals surface area contributed by atoms with Crippen molar-refractivity contribution in [3.05, 3.63) is 50.8 Å². The summed E-state index contributed by atoms with van der Waals surface area (Å²) in [6, 6.07) is 0. The number of aliphatic hydroxyl groups excluding tert-OH is 1. The number of unbranched alkanes of at least 4 members (excludes halogenated alkanes) is 3. The Labute approximate surface area is 156 Å². The van der Waals surface area contributed by atoms with Crippen LogP contribution in [0, 0.1) is 0 Å². The van der Waals surface area contributed by atoms with Crippen molar-refractivity contribution in [3.63, 3.8) is 0 Å². The normalized spacial score (nSPS) is 19.0. The summed E-state index contributed by atoms with van der Waals surface area (Å²) in [4.78, 5) is 38.0. The van der Waals surface area contributed by atoms with Gasteiger partial charge in [0, 0.05) is 18.8 Å². The second-order valence-electron chi connectivity index (χ2n) is 6.21. The minimum absolute atomic E-state index is 0.150. The van der Waals surface area contributed by atoms with Gasteiger partial charge in [0.05, 0.1) is 12.2 Å². The molecule has 2 atom stereocenters. The third-order valence-electron chi connectivity index (χ3n) is 4.10. The summed E-state index contributed by atoms with van der Waals surface area (Å²) in [5.41, 5.74) is 4.34. The molecule has 2 rings (SSSR count). The Hall–Kier alpha value is -2.49. The Kier molecular flexibility index (Phi) is 8.18. The highest BCUT2D eigenvalue weighted by atomic mass is 16.5. The fourth-order valence-corrected chi connectivity index (χ4v) is 2.62. The molecule has 0 radical (unpaired) electrons. The first-order valence-electron chi connectivity index (χ1n) is 9.01. The Bertz CT molecular complexity index is 796. The summed E-state index contributed by atoms with van der Waals surface area (Å²) >= 11 is 0. The molecule has 1 aromatic heterocycles. The van der Waals surface area contributed by atoms with Crippen LogP contribution in [0.25, 0.3) is 6.08 Å². The molecule has 0 aromatic carbocycles. The molecule has 9 nitrogen and oxygen atoms in total. The van der Waals surface area contributed by atoms with Crippen LogP contribution in [0.2, 0.25) is 0 Å². The van der Waals surface area contributed by atoms with E-state index < -0.39 is 23.6 Å². The minimum atomic E-state index is -0.721. The maximum atomic E-state index is 12.0.